The molecule has 1 unspecified atom stereocenters. The highest BCUT2D eigenvalue weighted by Gasteiger charge is 2.39. The van der Waals surface area contributed by atoms with Gasteiger partial charge in [0.1, 0.15) is 6.04 Å². The number of benzene rings is 1. The lowest BCUT2D eigenvalue weighted by Gasteiger charge is -2.35. The molecular weight excluding hydrogens is 332 g/mol. The van der Waals surface area contributed by atoms with Crippen molar-refractivity contribution in [3.05, 3.63) is 34.9 Å². The van der Waals surface area contributed by atoms with Gasteiger partial charge in [-0.3, -0.25) is 19.7 Å². The molecule has 1 aliphatic carbocycles. The van der Waals surface area contributed by atoms with E-state index in [9.17, 15) is 14.4 Å². The molecule has 0 radical (unpaired) electrons. The third-order valence-corrected chi connectivity index (χ3v) is 5.73. The van der Waals surface area contributed by atoms with Crippen LogP contribution in [0.25, 0.3) is 0 Å². The maximum Gasteiger partial charge on any atom is 0.255 e. The van der Waals surface area contributed by atoms with E-state index in [4.69, 9.17) is 0 Å². The van der Waals surface area contributed by atoms with Crippen molar-refractivity contribution >= 4 is 17.7 Å². The molecule has 138 valence electrons. The van der Waals surface area contributed by atoms with Crippen LogP contribution >= 0.6 is 0 Å². The number of hydrogen-bond donors (Lipinski definition) is 3. The molecule has 7 heteroatoms. The van der Waals surface area contributed by atoms with E-state index in [1.54, 1.807) is 4.90 Å². The minimum Gasteiger partial charge on any atom is -0.322 e. The highest BCUT2D eigenvalue weighted by Crippen LogP contribution is 2.28. The lowest BCUT2D eigenvalue weighted by molar-refractivity contribution is -0.136. The number of imide groups is 1. The van der Waals surface area contributed by atoms with Crippen molar-refractivity contribution in [1.29, 1.82) is 0 Å². The zero-order valence-electron chi connectivity index (χ0n) is 14.9. The number of hydrogen-bond acceptors (Lipinski definition) is 5. The van der Waals surface area contributed by atoms with E-state index in [0.717, 1.165) is 30.5 Å². The predicted octanol–water partition coefficient (Wildman–Crippen LogP) is 0.288. The van der Waals surface area contributed by atoms with Gasteiger partial charge in [-0.1, -0.05) is 12.1 Å². The van der Waals surface area contributed by atoms with Gasteiger partial charge in [0.05, 0.1) is 0 Å². The predicted molar refractivity (Wildman–Crippen MR) is 95.2 cm³/mol. The number of nitrogens with one attached hydrogen (secondary N) is 3. The molecule has 1 aromatic rings. The van der Waals surface area contributed by atoms with E-state index in [-0.39, 0.29) is 24.1 Å². The summed E-state index contributed by atoms with van der Waals surface area (Å²) in [5, 5.41) is 9.15. The molecule has 1 saturated carbocycles. The van der Waals surface area contributed by atoms with Crippen LogP contribution in [-0.2, 0) is 22.7 Å². The molecule has 3 aliphatic rings. The summed E-state index contributed by atoms with van der Waals surface area (Å²) in [6.07, 6.45) is 2.96. The second-order valence-corrected chi connectivity index (χ2v) is 7.43. The van der Waals surface area contributed by atoms with Crippen LogP contribution in [0.3, 0.4) is 0 Å². The van der Waals surface area contributed by atoms with Crippen LogP contribution in [0.1, 0.15) is 47.2 Å². The van der Waals surface area contributed by atoms with Gasteiger partial charge in [-0.2, -0.15) is 0 Å². The minimum atomic E-state index is -0.553. The maximum absolute atomic E-state index is 12.7. The first-order chi connectivity index (χ1) is 12.5. The summed E-state index contributed by atoms with van der Waals surface area (Å²) in [6.45, 7) is 1.21. The number of rotatable bonds is 5. The van der Waals surface area contributed by atoms with Crippen LogP contribution in [-0.4, -0.2) is 47.8 Å². The first-order valence-electron chi connectivity index (χ1n) is 9.22. The van der Waals surface area contributed by atoms with Crippen molar-refractivity contribution < 1.29 is 14.4 Å². The molecule has 3 amide bonds. The van der Waals surface area contributed by atoms with Crippen molar-refractivity contribution in [2.45, 2.75) is 56.9 Å². The Bertz CT molecular complexity index is 757. The second-order valence-electron chi connectivity index (χ2n) is 7.43. The van der Waals surface area contributed by atoms with Crippen LogP contribution in [0.5, 0.6) is 0 Å². The van der Waals surface area contributed by atoms with Crippen LogP contribution in [0.4, 0.5) is 0 Å². The van der Waals surface area contributed by atoms with E-state index in [1.165, 1.54) is 0 Å². The molecule has 0 spiro atoms. The normalized spacial score (nSPS) is 28.0. The zero-order chi connectivity index (χ0) is 18.3. The molecule has 1 atom stereocenters. The Morgan fingerprint density at radius 3 is 2.73 bits per heavy atom. The summed E-state index contributed by atoms with van der Waals surface area (Å²) in [6, 6.07) is 6.50. The lowest BCUT2D eigenvalue weighted by atomic mass is 9.87. The average Bonchev–Trinajstić information content (AvgIpc) is 2.90. The lowest BCUT2D eigenvalue weighted by Crippen LogP contribution is -2.52. The molecule has 0 aromatic heterocycles. The average molecular weight is 356 g/mol. The highest BCUT2D eigenvalue weighted by atomic mass is 16.2. The molecule has 2 heterocycles. The summed E-state index contributed by atoms with van der Waals surface area (Å²) in [7, 11) is 1.99. The van der Waals surface area contributed by atoms with Gasteiger partial charge >= 0.3 is 0 Å². The minimum absolute atomic E-state index is 0.120. The summed E-state index contributed by atoms with van der Waals surface area (Å²) >= 11 is 0. The van der Waals surface area contributed by atoms with Gasteiger partial charge in [-0.15, -0.1) is 0 Å². The van der Waals surface area contributed by atoms with E-state index in [1.807, 2.05) is 19.2 Å². The molecule has 1 saturated heterocycles. The number of carbonyl (C=O) groups excluding carboxylic acids is 3. The van der Waals surface area contributed by atoms with Gasteiger partial charge in [-0.25, -0.2) is 0 Å². The standard InChI is InChI=1S/C19H24N4O3/c1-20-13-7-14(8-13)21-9-11-2-3-15-12(6-11)10-23(19(15)26)16-4-5-17(24)22-18(16)25/h2-3,6,13-14,16,20-21H,4-5,7-10H2,1H3,(H,22,24,25). The summed E-state index contributed by atoms with van der Waals surface area (Å²) < 4.78 is 0. The van der Waals surface area contributed by atoms with E-state index in [2.05, 4.69) is 22.0 Å². The van der Waals surface area contributed by atoms with Crippen LogP contribution in [0.15, 0.2) is 18.2 Å². The van der Waals surface area contributed by atoms with Gasteiger partial charge in [0.25, 0.3) is 5.91 Å². The third-order valence-electron chi connectivity index (χ3n) is 5.73. The Labute approximate surface area is 152 Å². The molecule has 3 N–H and O–H groups in total. The fourth-order valence-corrected chi connectivity index (χ4v) is 4.02. The van der Waals surface area contributed by atoms with Crippen molar-refractivity contribution in [1.82, 2.24) is 20.9 Å². The van der Waals surface area contributed by atoms with Gasteiger partial charge in [0.2, 0.25) is 11.8 Å². The quantitative estimate of drug-likeness (QED) is 0.660. The molecule has 4 rings (SSSR count). The van der Waals surface area contributed by atoms with Gasteiger partial charge in [-0.05, 0) is 43.5 Å². The third kappa shape index (κ3) is 3.12. The second kappa shape index (κ2) is 6.81. The molecule has 0 bridgehead atoms. The summed E-state index contributed by atoms with van der Waals surface area (Å²) in [5.74, 6) is -0.751. The molecule has 26 heavy (non-hydrogen) atoms. The topological polar surface area (TPSA) is 90.5 Å². The van der Waals surface area contributed by atoms with Crippen LogP contribution < -0.4 is 16.0 Å². The summed E-state index contributed by atoms with van der Waals surface area (Å²) in [4.78, 5) is 37.7. The number of piperidine rings is 1. The first-order valence-corrected chi connectivity index (χ1v) is 9.22. The van der Waals surface area contributed by atoms with Crippen molar-refractivity contribution in [2.75, 3.05) is 7.05 Å². The van der Waals surface area contributed by atoms with E-state index in [0.29, 0.717) is 30.6 Å². The van der Waals surface area contributed by atoms with Crippen molar-refractivity contribution in [3.63, 3.8) is 0 Å². The zero-order valence-corrected chi connectivity index (χ0v) is 14.9. The molecule has 1 aromatic carbocycles. The largest absolute Gasteiger partial charge is 0.322 e. The highest BCUT2D eigenvalue weighted by molar-refractivity contribution is 6.05. The van der Waals surface area contributed by atoms with Crippen molar-refractivity contribution in [2.24, 2.45) is 0 Å². The molecule has 7 nitrogen and oxygen atoms in total. The molecular formula is C19H24N4O3. The fourth-order valence-electron chi connectivity index (χ4n) is 4.02. The maximum atomic E-state index is 12.7. The number of amides is 3. The monoisotopic (exact) mass is 356 g/mol. The number of carbonyl (C=O) groups is 3. The molecule has 2 aliphatic heterocycles. The van der Waals surface area contributed by atoms with Crippen molar-refractivity contribution in [3.8, 4) is 0 Å². The van der Waals surface area contributed by atoms with Gasteiger partial charge < -0.3 is 15.5 Å². The van der Waals surface area contributed by atoms with E-state index < -0.39 is 6.04 Å². The summed E-state index contributed by atoms with van der Waals surface area (Å²) in [5.41, 5.74) is 2.77. The number of nitrogens with zero attached hydrogens (tertiary/aromatic N) is 1. The van der Waals surface area contributed by atoms with Gasteiger partial charge in [0, 0.05) is 37.2 Å². The van der Waals surface area contributed by atoms with Crippen LogP contribution in [0, 0.1) is 0 Å². The molecule has 2 fully saturated rings. The Balaban J connectivity index is 1.40. The number of fused-ring (bicyclic) bond motifs is 1. The Morgan fingerprint density at radius 2 is 2.00 bits per heavy atom. The first kappa shape index (κ1) is 17.2. The Kier molecular flexibility index (Phi) is 4.50. The Hall–Kier alpha value is -2.25. The fraction of sp³-hybridized carbons (Fsp3) is 0.526. The van der Waals surface area contributed by atoms with Crippen LogP contribution in [0.2, 0.25) is 0 Å². The Morgan fingerprint density at radius 1 is 1.19 bits per heavy atom. The smallest absolute Gasteiger partial charge is 0.255 e. The van der Waals surface area contributed by atoms with E-state index >= 15 is 0 Å². The van der Waals surface area contributed by atoms with Gasteiger partial charge in [0.15, 0.2) is 0 Å². The SMILES string of the molecule is CNC1CC(NCc2ccc3c(c2)CN(C2CCC(=O)NC2=O)C3=O)C1.